The monoisotopic (exact) mass is 966 g/mol. The molecule has 0 saturated heterocycles. The van der Waals surface area contributed by atoms with E-state index in [2.05, 4.69) is 86.8 Å². The quantitative estimate of drug-likeness (QED) is 0.0321. The van der Waals surface area contributed by atoms with Crippen LogP contribution in [0, 0.1) is 0 Å². The highest BCUT2D eigenvalue weighted by molar-refractivity contribution is 5.77. The van der Waals surface area contributed by atoms with Crippen molar-refractivity contribution in [3.63, 3.8) is 0 Å². The summed E-state index contributed by atoms with van der Waals surface area (Å²) in [5.41, 5.74) is 0. The Balaban J connectivity index is 4.62. The number of nitrogens with one attached hydrogen (secondary N) is 1. The van der Waals surface area contributed by atoms with Crippen molar-refractivity contribution in [3.8, 4) is 0 Å². The average molecular weight is 967 g/mol. The second-order valence-electron chi connectivity index (χ2n) is 20.4. The lowest BCUT2D eigenvalue weighted by Gasteiger charge is -2.24. The summed E-state index contributed by atoms with van der Waals surface area (Å²) in [7, 11) is 0. The number of hydrogen-bond donors (Lipinski definition) is 3. The number of aliphatic hydroxyl groups is 2. The van der Waals surface area contributed by atoms with Gasteiger partial charge < -0.3 is 20.3 Å². The van der Waals surface area contributed by atoms with Crippen LogP contribution in [0.4, 0.5) is 0 Å². The number of rotatable bonds is 54. The first-order chi connectivity index (χ1) is 34.0. The van der Waals surface area contributed by atoms with Gasteiger partial charge in [0.15, 0.2) is 0 Å². The molecule has 6 nitrogen and oxygen atoms in total. The first kappa shape index (κ1) is 66.6. The van der Waals surface area contributed by atoms with Crippen molar-refractivity contribution in [1.82, 2.24) is 5.32 Å². The Kier molecular flexibility index (Phi) is 54.5. The van der Waals surface area contributed by atoms with E-state index in [1.165, 1.54) is 173 Å². The molecule has 0 aliphatic rings. The van der Waals surface area contributed by atoms with E-state index in [9.17, 15) is 19.8 Å². The number of aliphatic hydroxyl groups excluding tert-OH is 2. The summed E-state index contributed by atoms with van der Waals surface area (Å²) >= 11 is 0. The maximum atomic E-state index is 13.3. The summed E-state index contributed by atoms with van der Waals surface area (Å²) in [5, 5.41) is 23.9. The highest BCUT2D eigenvalue weighted by Gasteiger charge is 2.24. The van der Waals surface area contributed by atoms with Gasteiger partial charge in [-0.2, -0.15) is 0 Å². The Morgan fingerprint density at radius 1 is 0.435 bits per heavy atom. The van der Waals surface area contributed by atoms with Gasteiger partial charge in [-0.15, -0.1) is 0 Å². The van der Waals surface area contributed by atoms with E-state index >= 15 is 0 Å². The van der Waals surface area contributed by atoms with Crippen molar-refractivity contribution in [1.29, 1.82) is 0 Å². The van der Waals surface area contributed by atoms with E-state index in [0.717, 1.165) is 83.5 Å². The Morgan fingerprint density at radius 3 is 1.16 bits per heavy atom. The van der Waals surface area contributed by atoms with Gasteiger partial charge in [0, 0.05) is 6.42 Å². The van der Waals surface area contributed by atoms with Gasteiger partial charge in [-0.25, -0.2) is 0 Å². The highest BCUT2D eigenvalue weighted by Crippen LogP contribution is 2.18. The molecular weight excluding hydrogens is 851 g/mol. The molecule has 1 amide bonds. The van der Waals surface area contributed by atoms with Crippen molar-refractivity contribution < 1.29 is 24.5 Å². The molecule has 69 heavy (non-hydrogen) atoms. The van der Waals surface area contributed by atoms with Gasteiger partial charge in [0.2, 0.25) is 5.91 Å². The van der Waals surface area contributed by atoms with Gasteiger partial charge in [0.1, 0.15) is 6.10 Å². The zero-order valence-electron chi connectivity index (χ0n) is 45.9. The number of carbonyl (C=O) groups is 2. The van der Waals surface area contributed by atoms with E-state index < -0.39 is 18.2 Å². The highest BCUT2D eigenvalue weighted by atomic mass is 16.5. The first-order valence-electron chi connectivity index (χ1n) is 30.0. The fourth-order valence-electron chi connectivity index (χ4n) is 9.11. The zero-order valence-corrected chi connectivity index (χ0v) is 45.9. The largest absolute Gasteiger partial charge is 0.462 e. The Morgan fingerprint density at radius 2 is 0.783 bits per heavy atom. The third kappa shape index (κ3) is 51.7. The molecule has 0 aromatic heterocycles. The Labute approximate surface area is 428 Å². The molecule has 0 bridgehead atoms. The van der Waals surface area contributed by atoms with Gasteiger partial charge in [0.25, 0.3) is 0 Å². The van der Waals surface area contributed by atoms with Crippen molar-refractivity contribution >= 4 is 11.9 Å². The molecule has 0 spiro atoms. The molecule has 0 rings (SSSR count). The number of carbonyl (C=O) groups excluding carboxylic acids is 2. The molecule has 3 N–H and O–H groups in total. The summed E-state index contributed by atoms with van der Waals surface area (Å²) in [6, 6.07) is -0.721. The van der Waals surface area contributed by atoms with Gasteiger partial charge in [-0.3, -0.25) is 9.59 Å². The number of hydrogen-bond acceptors (Lipinski definition) is 5. The number of allylic oxidation sites excluding steroid dienone is 10. The Hall–Kier alpha value is -2.44. The lowest BCUT2D eigenvalue weighted by Crippen LogP contribution is -2.46. The summed E-state index contributed by atoms with van der Waals surface area (Å²) in [5.74, 6) is -0.517. The van der Waals surface area contributed by atoms with Gasteiger partial charge >= 0.3 is 5.97 Å². The molecule has 402 valence electrons. The molecule has 0 heterocycles. The number of unbranched alkanes of at least 4 members (excludes halogenated alkanes) is 32. The molecular formula is C63H115NO5. The van der Waals surface area contributed by atoms with Gasteiger partial charge in [0.05, 0.1) is 25.2 Å². The van der Waals surface area contributed by atoms with E-state index in [0.29, 0.717) is 19.3 Å². The van der Waals surface area contributed by atoms with Crippen LogP contribution in [0.25, 0.3) is 0 Å². The van der Waals surface area contributed by atoms with Crippen molar-refractivity contribution in [3.05, 3.63) is 60.8 Å². The SMILES string of the molecule is CC/C=C\C/C=C\C/C=C\C/C=C\C/C=C\CCCC(CC(=O)NC(CO)C(O)CCCCCCCCCCCCCCCCCC)OC(=O)CCCCCCCCCCCCCCCCCCC. The molecule has 0 aliphatic heterocycles. The number of ether oxygens (including phenoxy) is 1. The molecule has 6 heteroatoms. The summed E-state index contributed by atoms with van der Waals surface area (Å²) in [6.45, 7) is 6.39. The minimum atomic E-state index is -0.804. The summed E-state index contributed by atoms with van der Waals surface area (Å²) in [6.07, 6.45) is 71.5. The maximum Gasteiger partial charge on any atom is 0.306 e. The van der Waals surface area contributed by atoms with Crippen LogP contribution >= 0.6 is 0 Å². The summed E-state index contributed by atoms with van der Waals surface area (Å²) in [4.78, 5) is 26.3. The second-order valence-corrected chi connectivity index (χ2v) is 20.4. The van der Waals surface area contributed by atoms with Crippen LogP contribution in [0.3, 0.4) is 0 Å². The van der Waals surface area contributed by atoms with Crippen molar-refractivity contribution in [2.45, 2.75) is 322 Å². The van der Waals surface area contributed by atoms with Crippen molar-refractivity contribution in [2.75, 3.05) is 6.61 Å². The molecule has 0 aromatic rings. The van der Waals surface area contributed by atoms with Crippen LogP contribution in [0.1, 0.15) is 303 Å². The molecule has 0 fully saturated rings. The summed E-state index contributed by atoms with van der Waals surface area (Å²) < 4.78 is 5.94. The maximum absolute atomic E-state index is 13.3. The molecule has 0 aromatic carbocycles. The van der Waals surface area contributed by atoms with Crippen LogP contribution in [0.5, 0.6) is 0 Å². The zero-order chi connectivity index (χ0) is 50.2. The van der Waals surface area contributed by atoms with E-state index in [4.69, 9.17) is 4.74 Å². The molecule has 0 saturated carbocycles. The molecule has 3 unspecified atom stereocenters. The van der Waals surface area contributed by atoms with Crippen LogP contribution in [0.15, 0.2) is 60.8 Å². The van der Waals surface area contributed by atoms with Crippen LogP contribution in [0.2, 0.25) is 0 Å². The third-order valence-corrected chi connectivity index (χ3v) is 13.6. The second kappa shape index (κ2) is 56.5. The van der Waals surface area contributed by atoms with Crippen molar-refractivity contribution in [2.24, 2.45) is 0 Å². The van der Waals surface area contributed by atoms with Crippen LogP contribution in [-0.4, -0.2) is 46.9 Å². The average Bonchev–Trinajstić information content (AvgIpc) is 3.34. The minimum absolute atomic E-state index is 0.0404. The smallest absolute Gasteiger partial charge is 0.306 e. The topological polar surface area (TPSA) is 95.9 Å². The molecule has 0 radical (unpaired) electrons. The van der Waals surface area contributed by atoms with E-state index in [1.807, 2.05) is 0 Å². The fourth-order valence-corrected chi connectivity index (χ4v) is 9.11. The van der Waals surface area contributed by atoms with Crippen LogP contribution in [-0.2, 0) is 14.3 Å². The number of esters is 1. The third-order valence-electron chi connectivity index (χ3n) is 13.6. The Bertz CT molecular complexity index is 1220. The lowest BCUT2D eigenvalue weighted by molar-refractivity contribution is -0.151. The predicted octanol–water partition coefficient (Wildman–Crippen LogP) is 18.7. The standard InChI is InChI=1S/C63H115NO5/c1-4-7-10-13-16-19-22-25-28-31-33-36-39-42-45-48-51-54-59(69-63(68)56-53-50-47-44-41-38-35-32-29-26-23-20-17-14-11-8-5-2)57-62(67)64-60(58-65)61(66)55-52-49-46-43-40-37-34-30-27-24-21-18-15-12-9-6-3/h7,10,16,19,25,28,33,36,42,45,59-61,65-66H,4-6,8-9,11-15,17-18,20-24,26-27,29-32,34-35,37-41,43-44,46-58H2,1-3H3,(H,64,67)/b10-7-,19-16-,28-25-,36-33-,45-42-. The molecule has 0 aliphatic carbocycles. The van der Waals surface area contributed by atoms with E-state index in [-0.39, 0.29) is 24.9 Å². The normalized spacial score (nSPS) is 13.5. The van der Waals surface area contributed by atoms with Gasteiger partial charge in [-0.05, 0) is 64.2 Å². The van der Waals surface area contributed by atoms with E-state index in [1.54, 1.807) is 0 Å². The lowest BCUT2D eigenvalue weighted by atomic mass is 10.0. The minimum Gasteiger partial charge on any atom is -0.462 e. The first-order valence-corrected chi connectivity index (χ1v) is 30.0. The van der Waals surface area contributed by atoms with Crippen LogP contribution < -0.4 is 5.32 Å². The van der Waals surface area contributed by atoms with Gasteiger partial charge in [-0.1, -0.05) is 287 Å². The predicted molar refractivity (Wildman–Crippen MR) is 301 cm³/mol. The molecule has 3 atom stereocenters. The number of amides is 1. The fraction of sp³-hybridized carbons (Fsp3) is 0.810.